The number of amides is 1. The van der Waals surface area contributed by atoms with Crippen molar-refractivity contribution in [1.29, 1.82) is 0 Å². The summed E-state index contributed by atoms with van der Waals surface area (Å²) in [6.07, 6.45) is 5.32. The molecule has 1 saturated heterocycles. The van der Waals surface area contributed by atoms with Gasteiger partial charge in [0.25, 0.3) is 5.91 Å². The Morgan fingerprint density at radius 1 is 1.33 bits per heavy atom. The Balaban J connectivity index is 1.51. The average Bonchev–Trinajstić information content (AvgIpc) is 3.13. The van der Waals surface area contributed by atoms with Crippen LogP contribution in [0.25, 0.3) is 0 Å². The molecule has 1 aromatic heterocycles. The lowest BCUT2D eigenvalue weighted by atomic mass is 9.90. The Hall–Kier alpha value is -0.870. The Labute approximate surface area is 130 Å². The van der Waals surface area contributed by atoms with Crippen molar-refractivity contribution in [1.82, 2.24) is 4.90 Å². The van der Waals surface area contributed by atoms with E-state index in [9.17, 15) is 9.90 Å². The summed E-state index contributed by atoms with van der Waals surface area (Å²) in [5, 5.41) is 10.00. The van der Waals surface area contributed by atoms with E-state index in [2.05, 4.69) is 13.0 Å². The normalized spacial score (nSPS) is 34.9. The van der Waals surface area contributed by atoms with E-state index in [4.69, 9.17) is 0 Å². The molecule has 0 aromatic carbocycles. The molecule has 4 atom stereocenters. The number of hydrogen-bond donors (Lipinski definition) is 1. The highest BCUT2D eigenvalue weighted by Gasteiger charge is 2.43. The minimum Gasteiger partial charge on any atom is -0.393 e. The smallest absolute Gasteiger partial charge is 0.263 e. The number of thiophene rings is 1. The van der Waals surface area contributed by atoms with Crippen LogP contribution in [-0.4, -0.2) is 35.1 Å². The van der Waals surface area contributed by atoms with E-state index in [1.54, 1.807) is 11.3 Å². The topological polar surface area (TPSA) is 40.5 Å². The summed E-state index contributed by atoms with van der Waals surface area (Å²) in [6.45, 7) is 3.90. The van der Waals surface area contributed by atoms with Crippen molar-refractivity contribution in [3.05, 3.63) is 21.4 Å². The maximum atomic E-state index is 12.7. The van der Waals surface area contributed by atoms with Gasteiger partial charge in [0, 0.05) is 23.9 Å². The average molecular weight is 305 g/mol. The molecule has 0 bridgehead atoms. The van der Waals surface area contributed by atoms with Gasteiger partial charge in [0.1, 0.15) is 0 Å². The van der Waals surface area contributed by atoms with Gasteiger partial charge in [0.05, 0.1) is 11.0 Å². The molecule has 3 nitrogen and oxygen atoms in total. The Morgan fingerprint density at radius 2 is 2.19 bits per heavy atom. The summed E-state index contributed by atoms with van der Waals surface area (Å²) in [7, 11) is 0. The first-order chi connectivity index (χ1) is 10.1. The van der Waals surface area contributed by atoms with Gasteiger partial charge in [-0.25, -0.2) is 0 Å². The van der Waals surface area contributed by atoms with Crippen molar-refractivity contribution in [2.24, 2.45) is 17.8 Å². The third kappa shape index (κ3) is 2.33. The van der Waals surface area contributed by atoms with Crippen LogP contribution in [0.1, 0.15) is 46.3 Å². The van der Waals surface area contributed by atoms with E-state index in [0.717, 1.165) is 49.6 Å². The molecule has 114 valence electrons. The number of hydrogen-bond acceptors (Lipinski definition) is 3. The number of aliphatic hydroxyl groups is 1. The zero-order valence-corrected chi connectivity index (χ0v) is 13.4. The lowest BCUT2D eigenvalue weighted by Gasteiger charge is -2.17. The van der Waals surface area contributed by atoms with E-state index >= 15 is 0 Å². The molecule has 3 aliphatic rings. The van der Waals surface area contributed by atoms with Gasteiger partial charge in [-0.2, -0.15) is 0 Å². The van der Waals surface area contributed by atoms with Crippen molar-refractivity contribution < 1.29 is 9.90 Å². The van der Waals surface area contributed by atoms with Crippen LogP contribution in [0.15, 0.2) is 6.07 Å². The predicted octanol–water partition coefficient (Wildman–Crippen LogP) is 2.72. The van der Waals surface area contributed by atoms with E-state index in [0.29, 0.717) is 11.8 Å². The first-order valence-corrected chi connectivity index (χ1v) is 9.02. The minimum atomic E-state index is -0.190. The summed E-state index contributed by atoms with van der Waals surface area (Å²) < 4.78 is 0. The largest absolute Gasteiger partial charge is 0.393 e. The van der Waals surface area contributed by atoms with Crippen LogP contribution in [0.2, 0.25) is 0 Å². The van der Waals surface area contributed by atoms with Gasteiger partial charge >= 0.3 is 0 Å². The summed E-state index contributed by atoms with van der Waals surface area (Å²) in [5.41, 5.74) is 1.40. The molecular formula is C17H23NO2S. The summed E-state index contributed by atoms with van der Waals surface area (Å²) in [6, 6.07) is 2.14. The quantitative estimate of drug-likeness (QED) is 0.866. The van der Waals surface area contributed by atoms with Crippen LogP contribution in [0.3, 0.4) is 0 Å². The molecule has 2 aliphatic carbocycles. The number of aryl methyl sites for hydroxylation is 1. The van der Waals surface area contributed by atoms with E-state index in [1.807, 2.05) is 4.90 Å². The zero-order chi connectivity index (χ0) is 14.6. The predicted molar refractivity (Wildman–Crippen MR) is 83.6 cm³/mol. The number of fused-ring (bicyclic) bond motifs is 2. The highest BCUT2D eigenvalue weighted by Crippen LogP contribution is 2.39. The van der Waals surface area contributed by atoms with E-state index in [1.165, 1.54) is 16.9 Å². The molecule has 1 N–H and O–H groups in total. The molecule has 1 aliphatic heterocycles. The van der Waals surface area contributed by atoms with Crippen LogP contribution in [-0.2, 0) is 12.8 Å². The first kappa shape index (κ1) is 13.8. The van der Waals surface area contributed by atoms with Gasteiger partial charge in [0.15, 0.2) is 0 Å². The molecule has 4 rings (SSSR count). The number of likely N-dealkylation sites (tertiary alicyclic amines) is 1. The Morgan fingerprint density at radius 3 is 3.00 bits per heavy atom. The van der Waals surface area contributed by atoms with Crippen molar-refractivity contribution in [3.63, 3.8) is 0 Å². The van der Waals surface area contributed by atoms with E-state index in [-0.39, 0.29) is 12.0 Å². The van der Waals surface area contributed by atoms with Crippen molar-refractivity contribution in [2.75, 3.05) is 13.1 Å². The number of aliphatic hydroxyl groups excluding tert-OH is 1. The fraction of sp³-hybridized carbons (Fsp3) is 0.706. The van der Waals surface area contributed by atoms with E-state index < -0.39 is 0 Å². The highest BCUT2D eigenvalue weighted by molar-refractivity contribution is 7.14. The van der Waals surface area contributed by atoms with Crippen LogP contribution < -0.4 is 0 Å². The second-order valence-electron chi connectivity index (χ2n) is 7.19. The molecule has 2 fully saturated rings. The van der Waals surface area contributed by atoms with Crippen LogP contribution in [0, 0.1) is 17.8 Å². The summed E-state index contributed by atoms with van der Waals surface area (Å²) >= 11 is 1.71. The molecule has 1 saturated carbocycles. The molecule has 2 heterocycles. The SMILES string of the molecule is CC1CCc2sc(C(=O)N3CC4CCC(O)C4C3)cc2C1. The van der Waals surface area contributed by atoms with Gasteiger partial charge in [-0.3, -0.25) is 4.79 Å². The molecule has 4 heteroatoms. The maximum absolute atomic E-state index is 12.7. The third-order valence-electron chi connectivity index (χ3n) is 5.65. The maximum Gasteiger partial charge on any atom is 0.263 e. The molecular weight excluding hydrogens is 282 g/mol. The number of carbonyl (C=O) groups is 1. The van der Waals surface area contributed by atoms with Crippen molar-refractivity contribution in [2.45, 2.75) is 45.1 Å². The van der Waals surface area contributed by atoms with Gasteiger partial charge < -0.3 is 10.0 Å². The van der Waals surface area contributed by atoms with Crippen LogP contribution in [0.5, 0.6) is 0 Å². The fourth-order valence-electron chi connectivity index (χ4n) is 4.37. The summed E-state index contributed by atoms with van der Waals surface area (Å²) in [5.74, 6) is 1.79. The molecule has 21 heavy (non-hydrogen) atoms. The Kier molecular flexibility index (Phi) is 3.34. The zero-order valence-electron chi connectivity index (χ0n) is 12.5. The second kappa shape index (κ2) is 5.10. The van der Waals surface area contributed by atoms with Crippen molar-refractivity contribution >= 4 is 17.2 Å². The van der Waals surface area contributed by atoms with Crippen LogP contribution >= 0.6 is 11.3 Å². The number of carbonyl (C=O) groups excluding carboxylic acids is 1. The lowest BCUT2D eigenvalue weighted by molar-refractivity contribution is 0.0757. The monoisotopic (exact) mass is 305 g/mol. The molecule has 0 radical (unpaired) electrons. The molecule has 1 aromatic rings. The van der Waals surface area contributed by atoms with Gasteiger partial charge in [-0.15, -0.1) is 11.3 Å². The minimum absolute atomic E-state index is 0.190. The molecule has 0 spiro atoms. The van der Waals surface area contributed by atoms with Gasteiger partial charge in [-0.1, -0.05) is 6.92 Å². The van der Waals surface area contributed by atoms with Gasteiger partial charge in [0.2, 0.25) is 0 Å². The standard InChI is InChI=1S/C17H23NO2S/c1-10-2-5-15-12(6-10)7-16(21-15)17(20)18-8-11-3-4-14(19)13(11)9-18/h7,10-11,13-14,19H,2-6,8-9H2,1H3. The van der Waals surface area contributed by atoms with Gasteiger partial charge in [-0.05, 0) is 55.6 Å². The lowest BCUT2D eigenvalue weighted by Crippen LogP contribution is -2.30. The molecule has 4 unspecified atom stereocenters. The number of rotatable bonds is 1. The summed E-state index contributed by atoms with van der Waals surface area (Å²) in [4.78, 5) is 17.1. The Bertz CT molecular complexity index is 567. The third-order valence-corrected chi connectivity index (χ3v) is 6.87. The second-order valence-corrected chi connectivity index (χ2v) is 8.32. The van der Waals surface area contributed by atoms with Crippen LogP contribution in [0.4, 0.5) is 0 Å². The van der Waals surface area contributed by atoms with Crippen molar-refractivity contribution in [3.8, 4) is 0 Å². The highest BCUT2D eigenvalue weighted by atomic mass is 32.1. The number of nitrogens with zero attached hydrogens (tertiary/aromatic N) is 1. The first-order valence-electron chi connectivity index (χ1n) is 8.20. The fourth-order valence-corrected chi connectivity index (χ4v) is 5.55. The molecule has 1 amide bonds.